The number of hydrogen-bond acceptors (Lipinski definition) is 2. The van der Waals surface area contributed by atoms with Crippen LogP contribution in [0.15, 0.2) is 54.6 Å². The molecule has 0 radical (unpaired) electrons. The maximum Gasteiger partial charge on any atom is 0.151 e. The lowest BCUT2D eigenvalue weighted by Gasteiger charge is -2.01. The van der Waals surface area contributed by atoms with Crippen molar-refractivity contribution in [2.24, 2.45) is 7.05 Å². The molecule has 0 aliphatic heterocycles. The molecule has 0 aliphatic carbocycles. The van der Waals surface area contributed by atoms with Crippen LogP contribution in [0.25, 0.3) is 22.7 Å². The summed E-state index contributed by atoms with van der Waals surface area (Å²) >= 11 is 0. The third kappa shape index (κ3) is 2.08. The van der Waals surface area contributed by atoms with Gasteiger partial charge in [-0.1, -0.05) is 42.5 Å². The SMILES string of the molecule is Cn1c(/C(C#N)=C/c2ccccc2)nc2ccccc21. The molecular weight excluding hydrogens is 246 g/mol. The van der Waals surface area contributed by atoms with E-state index in [4.69, 9.17) is 0 Å². The van der Waals surface area contributed by atoms with Crippen molar-refractivity contribution in [2.75, 3.05) is 0 Å². The third-order valence-corrected chi connectivity index (χ3v) is 3.26. The quantitative estimate of drug-likeness (QED) is 0.659. The number of fused-ring (bicyclic) bond motifs is 1. The summed E-state index contributed by atoms with van der Waals surface area (Å²) in [5.41, 5.74) is 3.49. The van der Waals surface area contributed by atoms with Gasteiger partial charge in [0.2, 0.25) is 0 Å². The first-order valence-electron chi connectivity index (χ1n) is 6.38. The monoisotopic (exact) mass is 259 g/mol. The lowest BCUT2D eigenvalue weighted by Crippen LogP contribution is -1.95. The number of benzene rings is 2. The van der Waals surface area contributed by atoms with Crippen LogP contribution in [0, 0.1) is 11.3 Å². The number of rotatable bonds is 2. The molecule has 3 aromatic rings. The van der Waals surface area contributed by atoms with Gasteiger partial charge in [0.25, 0.3) is 0 Å². The van der Waals surface area contributed by atoms with Gasteiger partial charge in [0.1, 0.15) is 6.07 Å². The topological polar surface area (TPSA) is 41.6 Å². The number of nitrogens with zero attached hydrogens (tertiary/aromatic N) is 3. The average molecular weight is 259 g/mol. The molecule has 0 fully saturated rings. The fraction of sp³-hybridized carbons (Fsp3) is 0.0588. The summed E-state index contributed by atoms with van der Waals surface area (Å²) in [5.74, 6) is 0.692. The first kappa shape index (κ1) is 12.2. The molecule has 1 aromatic heterocycles. The highest BCUT2D eigenvalue weighted by Gasteiger charge is 2.11. The zero-order valence-electron chi connectivity index (χ0n) is 11.1. The molecule has 20 heavy (non-hydrogen) atoms. The minimum atomic E-state index is 0.565. The van der Waals surface area contributed by atoms with Crippen LogP contribution in [0.3, 0.4) is 0 Å². The van der Waals surface area contributed by atoms with Gasteiger partial charge in [0.15, 0.2) is 5.82 Å². The van der Waals surface area contributed by atoms with E-state index < -0.39 is 0 Å². The van der Waals surface area contributed by atoms with Gasteiger partial charge in [-0.25, -0.2) is 4.98 Å². The second kappa shape index (κ2) is 5.02. The molecule has 2 aromatic carbocycles. The number of allylic oxidation sites excluding steroid dienone is 1. The molecule has 0 saturated carbocycles. The Hall–Kier alpha value is -2.86. The normalized spacial score (nSPS) is 11.5. The van der Waals surface area contributed by atoms with Gasteiger partial charge in [0, 0.05) is 7.05 Å². The molecule has 0 aliphatic rings. The lowest BCUT2D eigenvalue weighted by atomic mass is 10.1. The van der Waals surface area contributed by atoms with Gasteiger partial charge < -0.3 is 4.57 Å². The van der Waals surface area contributed by atoms with Gasteiger partial charge in [-0.3, -0.25) is 0 Å². The average Bonchev–Trinajstić information content (AvgIpc) is 2.83. The van der Waals surface area contributed by atoms with Crippen molar-refractivity contribution < 1.29 is 0 Å². The van der Waals surface area contributed by atoms with E-state index in [0.29, 0.717) is 11.4 Å². The molecule has 0 unspecified atom stereocenters. The number of nitriles is 1. The summed E-state index contributed by atoms with van der Waals surface area (Å²) in [7, 11) is 1.93. The van der Waals surface area contributed by atoms with E-state index in [9.17, 15) is 5.26 Å². The largest absolute Gasteiger partial charge is 0.327 e. The predicted molar refractivity (Wildman–Crippen MR) is 80.6 cm³/mol. The smallest absolute Gasteiger partial charge is 0.151 e. The molecule has 0 amide bonds. The van der Waals surface area contributed by atoms with Crippen molar-refractivity contribution in [3.05, 3.63) is 66.0 Å². The fourth-order valence-electron chi connectivity index (χ4n) is 2.25. The predicted octanol–water partition coefficient (Wildman–Crippen LogP) is 3.64. The van der Waals surface area contributed by atoms with Gasteiger partial charge in [-0.05, 0) is 23.8 Å². The van der Waals surface area contributed by atoms with Crippen LogP contribution in [0.4, 0.5) is 0 Å². The van der Waals surface area contributed by atoms with E-state index >= 15 is 0 Å². The number of aromatic nitrogens is 2. The Balaban J connectivity index is 2.16. The second-order valence-corrected chi connectivity index (χ2v) is 4.56. The molecule has 0 bridgehead atoms. The van der Waals surface area contributed by atoms with E-state index in [2.05, 4.69) is 11.1 Å². The number of imidazole rings is 1. The summed E-state index contributed by atoms with van der Waals surface area (Å²) in [5, 5.41) is 9.42. The summed E-state index contributed by atoms with van der Waals surface area (Å²) in [4.78, 5) is 4.55. The van der Waals surface area contributed by atoms with Crippen molar-refractivity contribution in [2.45, 2.75) is 0 Å². The van der Waals surface area contributed by atoms with Gasteiger partial charge >= 0.3 is 0 Å². The fourth-order valence-corrected chi connectivity index (χ4v) is 2.25. The Morgan fingerprint density at radius 2 is 1.80 bits per heavy atom. The Bertz CT molecular complexity index is 820. The van der Waals surface area contributed by atoms with Crippen LogP contribution in [-0.2, 0) is 7.05 Å². The van der Waals surface area contributed by atoms with Crippen LogP contribution in [0.2, 0.25) is 0 Å². The third-order valence-electron chi connectivity index (χ3n) is 3.26. The minimum Gasteiger partial charge on any atom is -0.327 e. The van der Waals surface area contributed by atoms with Crippen LogP contribution >= 0.6 is 0 Å². The Labute approximate surface area is 117 Å². The molecule has 3 heteroatoms. The molecule has 1 heterocycles. The highest BCUT2D eigenvalue weighted by atomic mass is 15.1. The highest BCUT2D eigenvalue weighted by Crippen LogP contribution is 2.21. The van der Waals surface area contributed by atoms with E-state index in [1.54, 1.807) is 0 Å². The maximum atomic E-state index is 9.42. The van der Waals surface area contributed by atoms with Gasteiger partial charge in [-0.15, -0.1) is 0 Å². The summed E-state index contributed by atoms with van der Waals surface area (Å²) in [6, 6.07) is 19.9. The number of hydrogen-bond donors (Lipinski definition) is 0. The first-order valence-corrected chi connectivity index (χ1v) is 6.38. The van der Waals surface area contributed by atoms with E-state index in [1.807, 2.05) is 72.3 Å². The number of aryl methyl sites for hydroxylation is 1. The van der Waals surface area contributed by atoms with Crippen molar-refractivity contribution in [1.29, 1.82) is 5.26 Å². The Kier molecular flexibility index (Phi) is 3.06. The van der Waals surface area contributed by atoms with E-state index in [1.165, 1.54) is 0 Å². The van der Waals surface area contributed by atoms with Crippen molar-refractivity contribution in [1.82, 2.24) is 9.55 Å². The lowest BCUT2D eigenvalue weighted by molar-refractivity contribution is 0.925. The Morgan fingerprint density at radius 3 is 2.50 bits per heavy atom. The highest BCUT2D eigenvalue weighted by molar-refractivity contribution is 5.90. The first-order chi connectivity index (χ1) is 9.79. The second-order valence-electron chi connectivity index (χ2n) is 4.56. The number of para-hydroxylation sites is 2. The van der Waals surface area contributed by atoms with Gasteiger partial charge in [0.05, 0.1) is 16.6 Å². The molecule has 0 saturated heterocycles. The minimum absolute atomic E-state index is 0.565. The molecule has 3 rings (SSSR count). The van der Waals surface area contributed by atoms with Crippen LogP contribution in [-0.4, -0.2) is 9.55 Å². The van der Waals surface area contributed by atoms with Crippen LogP contribution < -0.4 is 0 Å². The van der Waals surface area contributed by atoms with Crippen molar-refractivity contribution >= 4 is 22.7 Å². The van der Waals surface area contributed by atoms with Crippen molar-refractivity contribution in [3.63, 3.8) is 0 Å². The van der Waals surface area contributed by atoms with Crippen LogP contribution in [0.5, 0.6) is 0 Å². The summed E-state index contributed by atoms with van der Waals surface area (Å²) in [6.07, 6.45) is 1.86. The molecule has 0 atom stereocenters. The molecule has 0 N–H and O–H groups in total. The van der Waals surface area contributed by atoms with Gasteiger partial charge in [-0.2, -0.15) is 5.26 Å². The van der Waals surface area contributed by atoms with Crippen molar-refractivity contribution in [3.8, 4) is 6.07 Å². The molecule has 3 nitrogen and oxygen atoms in total. The molecule has 0 spiro atoms. The molecular formula is C17H13N3. The van der Waals surface area contributed by atoms with Crippen LogP contribution in [0.1, 0.15) is 11.4 Å². The van der Waals surface area contributed by atoms with E-state index in [-0.39, 0.29) is 0 Å². The Morgan fingerprint density at radius 1 is 1.10 bits per heavy atom. The summed E-state index contributed by atoms with van der Waals surface area (Å²) < 4.78 is 1.95. The summed E-state index contributed by atoms with van der Waals surface area (Å²) in [6.45, 7) is 0. The van der Waals surface area contributed by atoms with E-state index in [0.717, 1.165) is 16.6 Å². The standard InChI is InChI=1S/C17H13N3/c1-20-16-10-6-5-9-15(16)19-17(20)14(12-18)11-13-7-3-2-4-8-13/h2-11H,1H3/b14-11+. The zero-order valence-corrected chi connectivity index (χ0v) is 11.1. The zero-order chi connectivity index (χ0) is 13.9. The maximum absolute atomic E-state index is 9.42. The molecule has 96 valence electrons.